The van der Waals surface area contributed by atoms with Gasteiger partial charge in [0.1, 0.15) is 11.5 Å². The molecule has 1 N–H and O–H groups in total. The minimum atomic E-state index is 0.0977. The van der Waals surface area contributed by atoms with Crippen LogP contribution in [-0.4, -0.2) is 56.2 Å². The molecule has 3 aromatic rings. The highest BCUT2D eigenvalue weighted by Crippen LogP contribution is 2.48. The quantitative estimate of drug-likeness (QED) is 0.396. The van der Waals surface area contributed by atoms with Gasteiger partial charge in [-0.25, -0.2) is 0 Å². The van der Waals surface area contributed by atoms with Crippen molar-refractivity contribution in [3.05, 3.63) is 77.4 Å². The summed E-state index contributed by atoms with van der Waals surface area (Å²) in [6.45, 7) is 4.17. The van der Waals surface area contributed by atoms with Crippen molar-refractivity contribution in [1.82, 2.24) is 4.90 Å². The summed E-state index contributed by atoms with van der Waals surface area (Å²) in [5.74, 6) is 3.71. The van der Waals surface area contributed by atoms with Crippen LogP contribution in [0, 0.1) is 0 Å². The largest absolute Gasteiger partial charge is 0.508 e. The molecule has 35 heavy (non-hydrogen) atoms. The van der Waals surface area contributed by atoms with Gasteiger partial charge >= 0.3 is 0 Å². The summed E-state index contributed by atoms with van der Waals surface area (Å²) in [6, 6.07) is 20.5. The molecule has 0 aromatic heterocycles. The second-order valence-electron chi connectivity index (χ2n) is 9.20. The maximum absolute atomic E-state index is 10.0. The summed E-state index contributed by atoms with van der Waals surface area (Å²) < 4.78 is 17.2. The van der Waals surface area contributed by atoms with E-state index in [0.717, 1.165) is 29.2 Å². The molecular weight excluding hydrogens is 458 g/mol. The van der Waals surface area contributed by atoms with Crippen LogP contribution in [0.1, 0.15) is 41.4 Å². The lowest BCUT2D eigenvalue weighted by molar-refractivity contribution is 0.247. The van der Waals surface area contributed by atoms with Crippen molar-refractivity contribution in [3.63, 3.8) is 0 Å². The van der Waals surface area contributed by atoms with Crippen molar-refractivity contribution >= 4 is 11.8 Å². The van der Waals surface area contributed by atoms with Gasteiger partial charge in [-0.2, -0.15) is 0 Å². The lowest BCUT2D eigenvalue weighted by Gasteiger charge is -2.35. The summed E-state index contributed by atoms with van der Waals surface area (Å²) in [6.07, 6.45) is 2.68. The molecule has 184 valence electrons. The van der Waals surface area contributed by atoms with Crippen LogP contribution in [0.2, 0.25) is 0 Å². The zero-order valence-corrected chi connectivity index (χ0v) is 21.2. The number of rotatable bonds is 8. The van der Waals surface area contributed by atoms with Crippen molar-refractivity contribution in [2.75, 3.05) is 46.2 Å². The number of fused-ring (bicyclic) bond motifs is 1. The number of phenols is 1. The highest BCUT2D eigenvalue weighted by atomic mass is 32.2. The summed E-state index contributed by atoms with van der Waals surface area (Å²) in [4.78, 5) is 3.86. The molecule has 0 unspecified atom stereocenters. The molecule has 2 aliphatic heterocycles. The second kappa shape index (κ2) is 10.8. The Balaban J connectivity index is 1.42. The van der Waals surface area contributed by atoms with Crippen molar-refractivity contribution < 1.29 is 19.3 Å². The molecule has 1 saturated heterocycles. The van der Waals surface area contributed by atoms with Gasteiger partial charge in [0.2, 0.25) is 0 Å². The Morgan fingerprint density at radius 3 is 2.40 bits per heavy atom. The van der Waals surface area contributed by atoms with Crippen LogP contribution in [0.5, 0.6) is 23.0 Å². The van der Waals surface area contributed by atoms with Crippen LogP contribution in [0.25, 0.3) is 0 Å². The third-order valence-electron chi connectivity index (χ3n) is 7.10. The standard InChI is InChI=1S/C29H33NO4S/c1-32-26-12-7-21(17-28(26)33-2)25-19-34-27-18-22(31)8-11-24(27)29(25)20-5-9-23(10-6-20)35-16-15-30-13-3-4-14-30/h5-12,17-18,25,29,31H,3-4,13-16,19H2,1-2H3/t25-,29-/m1/s1. The molecule has 2 aliphatic rings. The van der Waals surface area contributed by atoms with Gasteiger partial charge in [-0.15, -0.1) is 11.8 Å². The number of aromatic hydroxyl groups is 1. The monoisotopic (exact) mass is 491 g/mol. The zero-order valence-electron chi connectivity index (χ0n) is 20.4. The molecule has 0 amide bonds. The van der Waals surface area contributed by atoms with E-state index in [1.54, 1.807) is 26.4 Å². The van der Waals surface area contributed by atoms with Crippen molar-refractivity contribution in [1.29, 1.82) is 0 Å². The Bertz CT molecular complexity index is 1140. The number of phenolic OH excluding ortho intramolecular Hbond substituents is 1. The highest BCUT2D eigenvalue weighted by molar-refractivity contribution is 7.99. The normalized spacial score (nSPS) is 19.7. The molecule has 1 fully saturated rings. The van der Waals surface area contributed by atoms with Gasteiger partial charge in [-0.05, 0) is 67.4 Å². The molecule has 5 nitrogen and oxygen atoms in total. The first-order valence-electron chi connectivity index (χ1n) is 12.3. The van der Waals surface area contributed by atoms with Gasteiger partial charge in [0.15, 0.2) is 11.5 Å². The van der Waals surface area contributed by atoms with Gasteiger partial charge < -0.3 is 24.2 Å². The Morgan fingerprint density at radius 1 is 0.914 bits per heavy atom. The number of hydrogen-bond acceptors (Lipinski definition) is 6. The lowest BCUT2D eigenvalue weighted by atomic mass is 9.76. The highest BCUT2D eigenvalue weighted by Gasteiger charge is 2.34. The maximum Gasteiger partial charge on any atom is 0.160 e. The third kappa shape index (κ3) is 5.24. The topological polar surface area (TPSA) is 51.2 Å². The van der Waals surface area contributed by atoms with Crippen LogP contribution in [0.3, 0.4) is 0 Å². The van der Waals surface area contributed by atoms with Gasteiger partial charge in [0.25, 0.3) is 0 Å². The molecule has 0 bridgehead atoms. The van der Waals surface area contributed by atoms with Gasteiger partial charge in [0, 0.05) is 40.7 Å². The smallest absolute Gasteiger partial charge is 0.160 e. The molecule has 5 rings (SSSR count). The van der Waals surface area contributed by atoms with E-state index in [0.29, 0.717) is 18.1 Å². The van der Waals surface area contributed by atoms with Crippen molar-refractivity contribution in [3.8, 4) is 23.0 Å². The Labute approximate surface area is 212 Å². The van der Waals surface area contributed by atoms with E-state index in [-0.39, 0.29) is 17.6 Å². The minimum Gasteiger partial charge on any atom is -0.508 e. The Hall–Kier alpha value is -2.83. The molecule has 2 atom stereocenters. The minimum absolute atomic E-state index is 0.0977. The Kier molecular flexibility index (Phi) is 7.40. The predicted octanol–water partition coefficient (Wildman–Crippen LogP) is 5.91. The van der Waals surface area contributed by atoms with E-state index in [2.05, 4.69) is 35.2 Å². The number of thioether (sulfide) groups is 1. The second-order valence-corrected chi connectivity index (χ2v) is 10.4. The third-order valence-corrected chi connectivity index (χ3v) is 8.10. The predicted molar refractivity (Wildman–Crippen MR) is 141 cm³/mol. The van der Waals surface area contributed by atoms with Crippen molar-refractivity contribution in [2.45, 2.75) is 29.6 Å². The summed E-state index contributed by atoms with van der Waals surface area (Å²) in [7, 11) is 3.31. The van der Waals surface area contributed by atoms with E-state index in [1.165, 1.54) is 36.4 Å². The van der Waals surface area contributed by atoms with Crippen LogP contribution < -0.4 is 14.2 Å². The number of nitrogens with zero attached hydrogens (tertiary/aromatic N) is 1. The van der Waals surface area contributed by atoms with Crippen LogP contribution in [0.4, 0.5) is 0 Å². The summed E-state index contributed by atoms with van der Waals surface area (Å²) >= 11 is 1.93. The summed E-state index contributed by atoms with van der Waals surface area (Å²) in [5, 5.41) is 10.0. The molecule has 0 spiro atoms. The number of methoxy groups -OCH3 is 2. The fraction of sp³-hybridized carbons (Fsp3) is 0.379. The van der Waals surface area contributed by atoms with E-state index in [4.69, 9.17) is 14.2 Å². The summed E-state index contributed by atoms with van der Waals surface area (Å²) in [5.41, 5.74) is 3.46. The molecule has 0 radical (unpaired) electrons. The first-order valence-corrected chi connectivity index (χ1v) is 13.3. The molecule has 6 heteroatoms. The number of likely N-dealkylation sites (tertiary alicyclic amines) is 1. The average Bonchev–Trinajstić information content (AvgIpc) is 3.41. The van der Waals surface area contributed by atoms with E-state index >= 15 is 0 Å². The molecule has 0 aliphatic carbocycles. The van der Waals surface area contributed by atoms with Crippen LogP contribution in [-0.2, 0) is 0 Å². The van der Waals surface area contributed by atoms with Crippen molar-refractivity contribution in [2.24, 2.45) is 0 Å². The molecule has 2 heterocycles. The van der Waals surface area contributed by atoms with Crippen LogP contribution >= 0.6 is 11.8 Å². The van der Waals surface area contributed by atoms with Crippen LogP contribution in [0.15, 0.2) is 65.6 Å². The lowest BCUT2D eigenvalue weighted by Crippen LogP contribution is -2.25. The number of benzene rings is 3. The van der Waals surface area contributed by atoms with Gasteiger partial charge in [-0.3, -0.25) is 0 Å². The zero-order chi connectivity index (χ0) is 24.2. The first-order chi connectivity index (χ1) is 17.2. The fourth-order valence-corrected chi connectivity index (χ4v) is 6.17. The van der Waals surface area contributed by atoms with Gasteiger partial charge in [-0.1, -0.05) is 24.3 Å². The van der Waals surface area contributed by atoms with E-state index < -0.39 is 0 Å². The molecular formula is C29H33NO4S. The Morgan fingerprint density at radius 2 is 1.66 bits per heavy atom. The number of hydrogen-bond donors (Lipinski definition) is 1. The SMILES string of the molecule is COc1ccc([C@H]2COc3cc(O)ccc3[C@H]2c2ccc(SCCN3CCCC3)cc2)cc1OC. The first kappa shape index (κ1) is 23.9. The van der Waals surface area contributed by atoms with E-state index in [9.17, 15) is 5.11 Å². The van der Waals surface area contributed by atoms with E-state index in [1.807, 2.05) is 30.0 Å². The van der Waals surface area contributed by atoms with Gasteiger partial charge in [0.05, 0.1) is 20.8 Å². The fourth-order valence-electron chi connectivity index (χ4n) is 5.25. The average molecular weight is 492 g/mol. The molecule has 3 aromatic carbocycles. The maximum atomic E-state index is 10.0. The number of ether oxygens (including phenoxy) is 3. The molecule has 0 saturated carbocycles.